The molecule has 0 bridgehead atoms. The molecule has 0 saturated heterocycles. The van der Waals surface area contributed by atoms with Gasteiger partial charge in [0.2, 0.25) is 0 Å². The van der Waals surface area contributed by atoms with Crippen LogP contribution in [0.5, 0.6) is 0 Å². The fraction of sp³-hybridized carbons (Fsp3) is 0.238. The van der Waals surface area contributed by atoms with Gasteiger partial charge in [-0.05, 0) is 48.1 Å². The van der Waals surface area contributed by atoms with E-state index in [2.05, 4.69) is 26.7 Å². The van der Waals surface area contributed by atoms with Crippen molar-refractivity contribution >= 4 is 28.7 Å². The average Bonchev–Trinajstić information content (AvgIpc) is 2.58. The van der Waals surface area contributed by atoms with E-state index in [1.165, 1.54) is 11.6 Å². The number of hydrogen-bond donors (Lipinski definition) is 0. The first kappa shape index (κ1) is 21.8. The highest BCUT2D eigenvalue weighted by Gasteiger charge is 2.22. The molecular formula is C21H25ClO2. The Labute approximate surface area is 150 Å². The Morgan fingerprint density at radius 3 is 2.12 bits per heavy atom. The van der Waals surface area contributed by atoms with Crippen molar-refractivity contribution in [2.24, 2.45) is 0 Å². The second-order valence-electron chi connectivity index (χ2n) is 5.16. The fourth-order valence-electron chi connectivity index (χ4n) is 2.12. The molecule has 1 aromatic carbocycles. The molecule has 0 aliphatic carbocycles. The number of rotatable bonds is 8. The Morgan fingerprint density at radius 2 is 1.71 bits per heavy atom. The highest BCUT2D eigenvalue weighted by atomic mass is 35.5. The molecule has 1 aromatic rings. The summed E-state index contributed by atoms with van der Waals surface area (Å²) in [7, 11) is 0. The summed E-state index contributed by atoms with van der Waals surface area (Å²) >= 11 is 4.76. The highest BCUT2D eigenvalue weighted by molar-refractivity contribution is 6.32. The minimum Gasteiger partial charge on any atom is -0.289 e. The van der Waals surface area contributed by atoms with E-state index < -0.39 is 0 Å². The number of unbranched alkanes of at least 4 members (excludes halogenated alkanes) is 1. The highest BCUT2D eigenvalue weighted by Crippen LogP contribution is 2.27. The predicted molar refractivity (Wildman–Crippen MR) is 104 cm³/mol. The molecule has 0 radical (unpaired) electrons. The van der Waals surface area contributed by atoms with E-state index in [0.29, 0.717) is 12.0 Å². The maximum absolute atomic E-state index is 12.4. The topological polar surface area (TPSA) is 34.1 Å². The van der Waals surface area contributed by atoms with Gasteiger partial charge in [-0.25, -0.2) is 0 Å². The van der Waals surface area contributed by atoms with E-state index in [4.69, 9.17) is 11.6 Å². The molecule has 0 N–H and O–H groups in total. The second-order valence-corrected chi connectivity index (χ2v) is 5.46. The maximum Gasteiger partial charge on any atom is 0.192 e. The standard InChI is InChI=1S/C19H22O2.C2H3Cl/c1-5-7-13-16(15-11-9-8-10-12-15)18(17(20)6-2)19(21)14(3)4;1-2-3/h6,8-12H,2-3,5,7,13H2,1,4H3;2H,1H2. The van der Waals surface area contributed by atoms with Crippen LogP contribution < -0.4 is 0 Å². The summed E-state index contributed by atoms with van der Waals surface area (Å²) < 4.78 is 0. The number of benzene rings is 1. The fourth-order valence-corrected chi connectivity index (χ4v) is 2.12. The lowest BCUT2D eigenvalue weighted by Gasteiger charge is -2.13. The Morgan fingerprint density at radius 1 is 1.17 bits per heavy atom. The van der Waals surface area contributed by atoms with Gasteiger partial charge in [0.1, 0.15) is 0 Å². The third kappa shape index (κ3) is 6.93. The quantitative estimate of drug-likeness (QED) is 0.334. The first-order valence-corrected chi connectivity index (χ1v) is 8.24. The van der Waals surface area contributed by atoms with Crippen LogP contribution in [0.3, 0.4) is 0 Å². The SMILES string of the molecule is C=CC(=O)C(C(=O)C(=C)C)=C(CCCC)c1ccccc1.C=CCl. The number of carbonyl (C=O) groups excluding carboxylic acids is 2. The molecule has 3 heteroatoms. The molecule has 128 valence electrons. The van der Waals surface area contributed by atoms with Crippen LogP contribution in [0.25, 0.3) is 5.57 Å². The van der Waals surface area contributed by atoms with Crippen molar-refractivity contribution in [1.82, 2.24) is 0 Å². The summed E-state index contributed by atoms with van der Waals surface area (Å²) in [5, 5.41) is 0. The summed E-state index contributed by atoms with van der Waals surface area (Å²) in [5.41, 5.74) is 3.49. The van der Waals surface area contributed by atoms with Gasteiger partial charge in [-0.15, -0.1) is 0 Å². The first-order valence-electron chi connectivity index (χ1n) is 7.81. The van der Waals surface area contributed by atoms with Crippen LogP contribution in [-0.4, -0.2) is 11.6 Å². The van der Waals surface area contributed by atoms with Crippen molar-refractivity contribution in [3.63, 3.8) is 0 Å². The zero-order valence-electron chi connectivity index (χ0n) is 14.5. The number of Topliss-reactive ketones (excluding diaryl/α,β-unsaturated/α-hetero) is 1. The largest absolute Gasteiger partial charge is 0.289 e. The van der Waals surface area contributed by atoms with Crippen LogP contribution in [0, 0.1) is 0 Å². The molecule has 24 heavy (non-hydrogen) atoms. The third-order valence-corrected chi connectivity index (χ3v) is 3.25. The van der Waals surface area contributed by atoms with E-state index >= 15 is 0 Å². The van der Waals surface area contributed by atoms with Crippen molar-refractivity contribution in [2.45, 2.75) is 33.1 Å². The van der Waals surface area contributed by atoms with Gasteiger partial charge in [0.15, 0.2) is 11.6 Å². The summed E-state index contributed by atoms with van der Waals surface area (Å²) in [6.07, 6.45) is 3.80. The molecule has 2 nitrogen and oxygen atoms in total. The van der Waals surface area contributed by atoms with Crippen molar-refractivity contribution in [3.05, 3.63) is 78.4 Å². The molecule has 0 heterocycles. The van der Waals surface area contributed by atoms with Crippen LogP contribution in [0.1, 0.15) is 38.7 Å². The van der Waals surface area contributed by atoms with Crippen molar-refractivity contribution < 1.29 is 9.59 Å². The van der Waals surface area contributed by atoms with Crippen LogP contribution >= 0.6 is 11.6 Å². The van der Waals surface area contributed by atoms with E-state index in [0.717, 1.165) is 24.0 Å². The third-order valence-electron chi connectivity index (χ3n) is 3.25. The molecule has 0 atom stereocenters. The molecule has 0 fully saturated rings. The van der Waals surface area contributed by atoms with Gasteiger partial charge >= 0.3 is 0 Å². The second kappa shape index (κ2) is 12.3. The lowest BCUT2D eigenvalue weighted by Crippen LogP contribution is -2.14. The molecule has 0 saturated carbocycles. The Bertz CT molecular complexity index is 624. The van der Waals surface area contributed by atoms with Gasteiger partial charge in [-0.1, -0.05) is 75.0 Å². The van der Waals surface area contributed by atoms with Gasteiger partial charge in [-0.2, -0.15) is 0 Å². The Balaban J connectivity index is 0.00000163. The normalized spacial score (nSPS) is 10.6. The lowest BCUT2D eigenvalue weighted by atomic mass is 9.89. The van der Waals surface area contributed by atoms with Crippen molar-refractivity contribution in [3.8, 4) is 0 Å². The molecule has 0 aliphatic heterocycles. The lowest BCUT2D eigenvalue weighted by molar-refractivity contribution is -0.117. The number of ketones is 2. The van der Waals surface area contributed by atoms with Crippen molar-refractivity contribution in [2.75, 3.05) is 0 Å². The Hall–Kier alpha value is -2.19. The number of halogens is 1. The zero-order chi connectivity index (χ0) is 18.5. The predicted octanol–water partition coefficient (Wildman–Crippen LogP) is 5.90. The molecule has 0 spiro atoms. The smallest absolute Gasteiger partial charge is 0.192 e. The van der Waals surface area contributed by atoms with Crippen LogP contribution in [0.2, 0.25) is 0 Å². The Kier molecular flexibility index (Phi) is 11.1. The van der Waals surface area contributed by atoms with Crippen LogP contribution in [0.15, 0.2) is 72.8 Å². The number of hydrogen-bond acceptors (Lipinski definition) is 2. The van der Waals surface area contributed by atoms with Gasteiger partial charge in [0, 0.05) is 0 Å². The minimum absolute atomic E-state index is 0.206. The first-order chi connectivity index (χ1) is 11.4. The molecule has 0 aromatic heterocycles. The summed E-state index contributed by atoms with van der Waals surface area (Å²) in [6.45, 7) is 14.0. The monoisotopic (exact) mass is 344 g/mol. The molecule has 0 amide bonds. The molecule has 1 rings (SSSR count). The number of allylic oxidation sites excluding steroid dienone is 4. The van der Waals surface area contributed by atoms with Gasteiger partial charge in [0.25, 0.3) is 0 Å². The van der Waals surface area contributed by atoms with E-state index in [-0.39, 0.29) is 17.1 Å². The van der Waals surface area contributed by atoms with Crippen LogP contribution in [-0.2, 0) is 9.59 Å². The minimum atomic E-state index is -0.335. The molecule has 0 unspecified atom stereocenters. The molecule has 0 aliphatic rings. The van der Waals surface area contributed by atoms with E-state index in [1.807, 2.05) is 30.3 Å². The van der Waals surface area contributed by atoms with E-state index in [1.54, 1.807) is 6.92 Å². The number of carbonyl (C=O) groups is 2. The molecular weight excluding hydrogens is 320 g/mol. The summed E-state index contributed by atoms with van der Waals surface area (Å²) in [6, 6.07) is 9.57. The maximum atomic E-state index is 12.4. The zero-order valence-corrected chi connectivity index (χ0v) is 15.2. The average molecular weight is 345 g/mol. The summed E-state index contributed by atoms with van der Waals surface area (Å²) in [4.78, 5) is 24.6. The van der Waals surface area contributed by atoms with E-state index in [9.17, 15) is 9.59 Å². The van der Waals surface area contributed by atoms with Crippen molar-refractivity contribution in [1.29, 1.82) is 0 Å². The van der Waals surface area contributed by atoms with Crippen LogP contribution in [0.4, 0.5) is 0 Å². The van der Waals surface area contributed by atoms with Gasteiger partial charge in [-0.3, -0.25) is 9.59 Å². The van der Waals surface area contributed by atoms with Gasteiger partial charge < -0.3 is 0 Å². The van der Waals surface area contributed by atoms with Gasteiger partial charge in [0.05, 0.1) is 5.57 Å². The summed E-state index contributed by atoms with van der Waals surface area (Å²) in [5.74, 6) is -0.632.